The van der Waals surface area contributed by atoms with Gasteiger partial charge in [-0.3, -0.25) is 9.69 Å². The first kappa shape index (κ1) is 16.3. The maximum absolute atomic E-state index is 11.9. The number of likely N-dealkylation sites (tertiary alicyclic amines) is 1. The van der Waals surface area contributed by atoms with Crippen molar-refractivity contribution in [1.82, 2.24) is 10.2 Å². The molecule has 6 nitrogen and oxygen atoms in total. The minimum Gasteiger partial charge on any atom is -0.482 e. The van der Waals surface area contributed by atoms with Gasteiger partial charge in [0.25, 0.3) is 0 Å². The van der Waals surface area contributed by atoms with Crippen molar-refractivity contribution in [1.29, 1.82) is 0 Å². The number of carboxylic acids is 1. The highest BCUT2D eigenvalue weighted by atomic mass is 16.5. The minimum absolute atomic E-state index is 0.0679. The quantitative estimate of drug-likeness (QED) is 0.827. The van der Waals surface area contributed by atoms with E-state index in [1.807, 2.05) is 12.1 Å². The third-order valence-electron chi connectivity index (χ3n) is 3.83. The SMILES string of the molecule is CNC(=O)[C@@H]1CCCCN1Cc1ccc(OCC(=O)O)cc1. The Hall–Kier alpha value is -2.08. The van der Waals surface area contributed by atoms with Crippen molar-refractivity contribution in [3.8, 4) is 5.75 Å². The van der Waals surface area contributed by atoms with Gasteiger partial charge in [-0.25, -0.2) is 4.79 Å². The van der Waals surface area contributed by atoms with Gasteiger partial charge in [-0.05, 0) is 37.1 Å². The number of hydrogen-bond acceptors (Lipinski definition) is 4. The van der Waals surface area contributed by atoms with Crippen LogP contribution in [0.5, 0.6) is 5.75 Å². The maximum atomic E-state index is 11.9. The lowest BCUT2D eigenvalue weighted by molar-refractivity contribution is -0.139. The summed E-state index contributed by atoms with van der Waals surface area (Å²) >= 11 is 0. The fourth-order valence-corrected chi connectivity index (χ4v) is 2.71. The van der Waals surface area contributed by atoms with Crippen molar-refractivity contribution in [3.05, 3.63) is 29.8 Å². The first-order chi connectivity index (χ1) is 10.6. The third-order valence-corrected chi connectivity index (χ3v) is 3.83. The third kappa shape index (κ3) is 4.46. The summed E-state index contributed by atoms with van der Waals surface area (Å²) in [6, 6.07) is 7.27. The average molecular weight is 306 g/mol. The number of rotatable bonds is 6. The zero-order valence-corrected chi connectivity index (χ0v) is 12.7. The van der Waals surface area contributed by atoms with Gasteiger partial charge >= 0.3 is 5.97 Å². The molecule has 1 aromatic rings. The van der Waals surface area contributed by atoms with E-state index in [9.17, 15) is 9.59 Å². The van der Waals surface area contributed by atoms with Crippen molar-refractivity contribution in [2.75, 3.05) is 20.2 Å². The lowest BCUT2D eigenvalue weighted by atomic mass is 10.0. The van der Waals surface area contributed by atoms with Crippen molar-refractivity contribution in [2.24, 2.45) is 0 Å². The van der Waals surface area contributed by atoms with Gasteiger partial charge in [-0.1, -0.05) is 18.6 Å². The van der Waals surface area contributed by atoms with Crippen LogP contribution < -0.4 is 10.1 Å². The van der Waals surface area contributed by atoms with Crippen molar-refractivity contribution >= 4 is 11.9 Å². The summed E-state index contributed by atoms with van der Waals surface area (Å²) in [6.07, 6.45) is 3.07. The molecule has 0 unspecified atom stereocenters. The van der Waals surface area contributed by atoms with E-state index in [1.165, 1.54) is 0 Å². The van der Waals surface area contributed by atoms with Crippen molar-refractivity contribution in [3.63, 3.8) is 0 Å². The number of carboxylic acid groups (broad SMARTS) is 1. The van der Waals surface area contributed by atoms with Crippen LogP contribution in [0.25, 0.3) is 0 Å². The number of hydrogen-bond donors (Lipinski definition) is 2. The van der Waals surface area contributed by atoms with E-state index >= 15 is 0 Å². The normalized spacial score (nSPS) is 18.7. The Balaban J connectivity index is 1.96. The second-order valence-corrected chi connectivity index (χ2v) is 5.42. The van der Waals surface area contributed by atoms with Crippen LogP contribution in [0.3, 0.4) is 0 Å². The summed E-state index contributed by atoms with van der Waals surface area (Å²) in [7, 11) is 1.67. The number of amides is 1. The van der Waals surface area contributed by atoms with Gasteiger partial charge in [0, 0.05) is 13.6 Å². The van der Waals surface area contributed by atoms with Crippen LogP contribution in [0.4, 0.5) is 0 Å². The minimum atomic E-state index is -0.995. The van der Waals surface area contributed by atoms with Gasteiger partial charge in [0.05, 0.1) is 6.04 Å². The Morgan fingerprint density at radius 3 is 2.68 bits per heavy atom. The molecule has 1 aromatic carbocycles. The maximum Gasteiger partial charge on any atom is 0.341 e. The van der Waals surface area contributed by atoms with Crippen molar-refractivity contribution < 1.29 is 19.4 Å². The summed E-state index contributed by atoms with van der Waals surface area (Å²) < 4.78 is 5.11. The van der Waals surface area contributed by atoms with Crippen LogP contribution in [-0.4, -0.2) is 48.1 Å². The summed E-state index contributed by atoms with van der Waals surface area (Å²) in [4.78, 5) is 24.6. The molecule has 2 N–H and O–H groups in total. The smallest absolute Gasteiger partial charge is 0.341 e. The molecule has 1 heterocycles. The number of piperidine rings is 1. The van der Waals surface area contributed by atoms with Gasteiger partial charge in [0.2, 0.25) is 5.91 Å². The highest BCUT2D eigenvalue weighted by Crippen LogP contribution is 2.21. The molecule has 1 aliphatic heterocycles. The Bertz CT molecular complexity index is 515. The van der Waals surface area contributed by atoms with Crippen LogP contribution in [0.1, 0.15) is 24.8 Å². The summed E-state index contributed by atoms with van der Waals surface area (Å²) in [6.45, 7) is 1.27. The first-order valence-electron chi connectivity index (χ1n) is 7.49. The number of aliphatic carboxylic acids is 1. The Kier molecular flexibility index (Phi) is 5.77. The number of carbonyl (C=O) groups is 2. The lowest BCUT2D eigenvalue weighted by Gasteiger charge is -2.34. The van der Waals surface area contributed by atoms with Gasteiger partial charge in [0.1, 0.15) is 5.75 Å². The van der Waals surface area contributed by atoms with Crippen LogP contribution >= 0.6 is 0 Å². The molecule has 0 bridgehead atoms. The highest BCUT2D eigenvalue weighted by Gasteiger charge is 2.27. The number of likely N-dealkylation sites (N-methyl/N-ethyl adjacent to an activating group) is 1. The van der Waals surface area contributed by atoms with Gasteiger partial charge in [0.15, 0.2) is 6.61 Å². The zero-order valence-electron chi connectivity index (χ0n) is 12.7. The lowest BCUT2D eigenvalue weighted by Crippen LogP contribution is -2.48. The van der Waals surface area contributed by atoms with E-state index < -0.39 is 5.97 Å². The molecule has 1 atom stereocenters. The molecule has 1 amide bonds. The van der Waals surface area contributed by atoms with Crippen LogP contribution in [0.15, 0.2) is 24.3 Å². The van der Waals surface area contributed by atoms with Crippen LogP contribution in [0, 0.1) is 0 Å². The molecule has 0 aliphatic carbocycles. The monoisotopic (exact) mass is 306 g/mol. The van der Waals surface area contributed by atoms with Crippen molar-refractivity contribution in [2.45, 2.75) is 31.8 Å². The molecule has 120 valence electrons. The van der Waals surface area contributed by atoms with E-state index in [-0.39, 0.29) is 18.6 Å². The number of ether oxygens (including phenoxy) is 1. The number of benzene rings is 1. The Morgan fingerprint density at radius 2 is 2.05 bits per heavy atom. The Labute approximate surface area is 130 Å². The molecule has 6 heteroatoms. The average Bonchev–Trinajstić information content (AvgIpc) is 2.54. The highest BCUT2D eigenvalue weighted by molar-refractivity contribution is 5.81. The molecule has 0 radical (unpaired) electrons. The van der Waals surface area contributed by atoms with E-state index in [4.69, 9.17) is 9.84 Å². The Morgan fingerprint density at radius 1 is 1.32 bits per heavy atom. The number of nitrogens with zero attached hydrogens (tertiary/aromatic N) is 1. The molecule has 0 aromatic heterocycles. The fourth-order valence-electron chi connectivity index (χ4n) is 2.71. The predicted octanol–water partition coefficient (Wildman–Crippen LogP) is 1.25. The van der Waals surface area contributed by atoms with E-state index in [1.54, 1.807) is 19.2 Å². The molecular weight excluding hydrogens is 284 g/mol. The largest absolute Gasteiger partial charge is 0.482 e. The zero-order chi connectivity index (χ0) is 15.9. The fraction of sp³-hybridized carbons (Fsp3) is 0.500. The van der Waals surface area contributed by atoms with E-state index in [2.05, 4.69) is 10.2 Å². The van der Waals surface area contributed by atoms with E-state index in [0.717, 1.165) is 31.4 Å². The van der Waals surface area contributed by atoms with Gasteiger partial charge in [-0.2, -0.15) is 0 Å². The molecule has 0 spiro atoms. The summed E-state index contributed by atoms with van der Waals surface area (Å²) in [5.74, 6) is -0.389. The second kappa shape index (κ2) is 7.79. The van der Waals surface area contributed by atoms with Gasteiger partial charge < -0.3 is 15.2 Å². The topological polar surface area (TPSA) is 78.9 Å². The summed E-state index contributed by atoms with van der Waals surface area (Å²) in [5.41, 5.74) is 1.08. The standard InChI is InChI=1S/C16H22N2O4/c1-17-16(21)14-4-2-3-9-18(14)10-12-5-7-13(8-6-12)22-11-15(19)20/h5-8,14H,2-4,9-11H2,1H3,(H,17,21)(H,19,20)/t14-/m0/s1. The number of carbonyl (C=O) groups excluding carboxylic acids is 1. The summed E-state index contributed by atoms with van der Waals surface area (Å²) in [5, 5.41) is 11.3. The molecule has 1 fully saturated rings. The second-order valence-electron chi connectivity index (χ2n) is 5.42. The molecule has 1 aliphatic rings. The van der Waals surface area contributed by atoms with Gasteiger partial charge in [-0.15, -0.1) is 0 Å². The molecule has 2 rings (SSSR count). The van der Waals surface area contributed by atoms with E-state index in [0.29, 0.717) is 12.3 Å². The molecular formula is C16H22N2O4. The molecule has 0 saturated carbocycles. The van der Waals surface area contributed by atoms with Crippen LogP contribution in [-0.2, 0) is 16.1 Å². The predicted molar refractivity (Wildman–Crippen MR) is 81.7 cm³/mol. The molecule has 22 heavy (non-hydrogen) atoms. The van der Waals surface area contributed by atoms with Crippen LogP contribution in [0.2, 0.25) is 0 Å². The molecule has 1 saturated heterocycles. The number of nitrogens with one attached hydrogen (secondary N) is 1. The first-order valence-corrected chi connectivity index (χ1v) is 7.49.